The van der Waals surface area contributed by atoms with Gasteiger partial charge in [-0.25, -0.2) is 15.0 Å². The number of para-hydroxylation sites is 2. The Bertz CT molecular complexity index is 6800. The average molecular weight is 1270 g/mol. The van der Waals surface area contributed by atoms with Crippen molar-refractivity contribution in [1.82, 2.24) is 29.1 Å². The molecule has 0 bridgehead atoms. The summed E-state index contributed by atoms with van der Waals surface area (Å²) in [6.45, 7) is 0. The normalized spacial score (nSPS) is 11.9. The molecular weight excluding hydrogens is 1210 g/mol. The molecule has 0 aliphatic carbocycles. The van der Waals surface area contributed by atoms with Crippen molar-refractivity contribution < 1.29 is 4.42 Å². The Labute approximate surface area is 565 Å². The second-order valence-electron chi connectivity index (χ2n) is 25.2. The van der Waals surface area contributed by atoms with Crippen LogP contribution in [0.15, 0.2) is 332 Å². The third-order valence-electron chi connectivity index (χ3n) is 19.6. The van der Waals surface area contributed by atoms with Crippen LogP contribution in [0.3, 0.4) is 0 Å². The lowest BCUT2D eigenvalue weighted by molar-refractivity contribution is 0.653. The maximum absolute atomic E-state index is 6.56. The number of nitrogens with zero attached hydrogens (tertiary/aromatic N) is 6. The summed E-state index contributed by atoms with van der Waals surface area (Å²) in [6, 6.07) is 117. The van der Waals surface area contributed by atoms with Crippen LogP contribution in [0.2, 0.25) is 0 Å². The van der Waals surface area contributed by atoms with Gasteiger partial charge in [0.2, 0.25) is 5.71 Å². The highest BCUT2D eigenvalue weighted by Crippen LogP contribution is 2.47. The fourth-order valence-electron chi connectivity index (χ4n) is 15.0. The quantitative estimate of drug-likeness (QED) is 0.159. The first-order chi connectivity index (χ1) is 48.6. The first kappa shape index (κ1) is 55.6. The van der Waals surface area contributed by atoms with E-state index in [1.165, 1.54) is 97.2 Å². The van der Waals surface area contributed by atoms with Crippen LogP contribution in [0.25, 0.3) is 197 Å². The molecule has 21 aromatic rings. The van der Waals surface area contributed by atoms with E-state index in [2.05, 4.69) is 300 Å². The van der Waals surface area contributed by atoms with Crippen molar-refractivity contribution in [1.29, 1.82) is 0 Å². The van der Waals surface area contributed by atoms with E-state index < -0.39 is 0 Å². The first-order valence-electron chi connectivity index (χ1n) is 33.1. The molecule has 456 valence electrons. The van der Waals surface area contributed by atoms with Crippen LogP contribution >= 0.6 is 11.3 Å². The minimum atomic E-state index is 0.570. The molecule has 0 amide bonds. The fourth-order valence-corrected chi connectivity index (χ4v) is 16.1. The van der Waals surface area contributed by atoms with Gasteiger partial charge in [-0.15, -0.1) is 11.3 Å². The molecule has 0 aliphatic heterocycles. The molecule has 6 aromatic heterocycles. The summed E-state index contributed by atoms with van der Waals surface area (Å²) in [7, 11) is 0. The van der Waals surface area contributed by atoms with Crippen molar-refractivity contribution in [3.8, 4) is 67.8 Å². The molecule has 0 radical (unpaired) electrons. The maximum Gasteiger partial charge on any atom is 0.233 e. The molecule has 6 heterocycles. The van der Waals surface area contributed by atoms with Gasteiger partial charge >= 0.3 is 0 Å². The van der Waals surface area contributed by atoms with Crippen LogP contribution in [0.5, 0.6) is 0 Å². The van der Waals surface area contributed by atoms with E-state index in [0.29, 0.717) is 11.5 Å². The van der Waals surface area contributed by atoms with Crippen LogP contribution in [-0.2, 0) is 0 Å². The largest absolute Gasteiger partial charge is 0.437 e. The molecule has 7 nitrogen and oxygen atoms in total. The van der Waals surface area contributed by atoms with E-state index in [1.54, 1.807) is 11.3 Å². The second kappa shape index (κ2) is 22.4. The summed E-state index contributed by atoms with van der Waals surface area (Å²) in [5.74, 6) is 3.05. The lowest BCUT2D eigenvalue weighted by Gasteiger charge is -2.14. The minimum absolute atomic E-state index is 0.570. The van der Waals surface area contributed by atoms with E-state index in [1.807, 2.05) is 36.4 Å². The van der Waals surface area contributed by atoms with Crippen molar-refractivity contribution >= 4 is 140 Å². The zero-order chi connectivity index (χ0) is 64.4. The predicted molar refractivity (Wildman–Crippen MR) is 410 cm³/mol. The van der Waals surface area contributed by atoms with E-state index in [-0.39, 0.29) is 0 Å². The molecule has 0 N–H and O–H groups in total. The number of hydrogen-bond donors (Lipinski definition) is 0. The Hall–Kier alpha value is -12.9. The van der Waals surface area contributed by atoms with Gasteiger partial charge in [0.05, 0.1) is 32.8 Å². The smallest absolute Gasteiger partial charge is 0.233 e. The van der Waals surface area contributed by atoms with E-state index in [0.717, 1.165) is 88.2 Å². The highest BCUT2D eigenvalue weighted by atomic mass is 32.1. The third kappa shape index (κ3) is 9.03. The molecule has 0 saturated heterocycles. The molecule has 98 heavy (non-hydrogen) atoms. The lowest BCUT2D eigenvalue weighted by atomic mass is 9.92. The van der Waals surface area contributed by atoms with Gasteiger partial charge in [-0.2, -0.15) is 4.98 Å². The van der Waals surface area contributed by atoms with E-state index >= 15 is 0 Å². The van der Waals surface area contributed by atoms with Gasteiger partial charge in [0, 0.05) is 48.1 Å². The Kier molecular flexibility index (Phi) is 12.7. The standard InChI is InChI=1S/C48H29N3S.C42H25N3O/c1-3-14-31(15-4-1)39-29-44-41(28-38(39)36-24-23-30-13-7-8-18-33(30)25-36)45-47(49-46(50-48(45)52-44)32-16-5-2-6-17-32)51-42-22-12-11-21-37(42)40-26-34-19-9-10-20-35(34)27-43(40)51;1-2-12-27(13-3-1)40-43-41(45-36-20-9-8-18-33(36)34-23-28-14-4-5-15-29(28)25-37(34)45)39-35-24-30(21-22-38(35)46-42(39)44-40)32-19-10-16-26-11-6-7-17-31(26)32/h1-29H;1-25H. The SMILES string of the molecule is c1ccc(-c2nc(-n3c4ccccc4c4cc5ccccc5cc43)c3c(n2)oc2ccc(-c4cccc5ccccc45)cc23)cc1.c1ccc(-c2nc(-n3c4ccccc4c4cc5ccccc5cc43)c3c(n2)sc2cc(-c4ccccc4)c(-c4ccc5ccccc5c4)cc23)cc1. The molecular formula is C90H54N6OS. The summed E-state index contributed by atoms with van der Waals surface area (Å²) in [5, 5.41) is 18.6. The summed E-state index contributed by atoms with van der Waals surface area (Å²) in [4.78, 5) is 22.2. The van der Waals surface area contributed by atoms with Gasteiger partial charge in [-0.05, 0) is 143 Å². The maximum atomic E-state index is 6.56. The zero-order valence-corrected chi connectivity index (χ0v) is 53.5. The highest BCUT2D eigenvalue weighted by molar-refractivity contribution is 7.25. The third-order valence-corrected chi connectivity index (χ3v) is 20.6. The topological polar surface area (TPSA) is 74.6 Å². The number of rotatable bonds is 7. The molecule has 0 fully saturated rings. The second-order valence-corrected chi connectivity index (χ2v) is 26.3. The van der Waals surface area contributed by atoms with E-state index in [4.69, 9.17) is 24.4 Å². The van der Waals surface area contributed by atoms with Gasteiger partial charge in [0.15, 0.2) is 23.3 Å². The number of furan rings is 1. The molecule has 0 saturated carbocycles. The molecule has 21 rings (SSSR count). The van der Waals surface area contributed by atoms with Crippen molar-refractivity contribution in [2.75, 3.05) is 0 Å². The molecule has 0 atom stereocenters. The Morgan fingerprint density at radius 3 is 1.35 bits per heavy atom. The van der Waals surface area contributed by atoms with Gasteiger partial charge in [0.25, 0.3) is 0 Å². The van der Waals surface area contributed by atoms with Crippen molar-refractivity contribution in [2.45, 2.75) is 0 Å². The minimum Gasteiger partial charge on any atom is -0.437 e. The fraction of sp³-hybridized carbons (Fsp3) is 0. The number of fused-ring (bicyclic) bond motifs is 16. The lowest BCUT2D eigenvalue weighted by Crippen LogP contribution is -2.02. The number of aromatic nitrogens is 6. The number of hydrogen-bond acceptors (Lipinski definition) is 6. The molecule has 0 aliphatic rings. The monoisotopic (exact) mass is 1270 g/mol. The summed E-state index contributed by atoms with van der Waals surface area (Å²) in [5.41, 5.74) is 14.8. The summed E-state index contributed by atoms with van der Waals surface area (Å²) < 4.78 is 12.4. The number of thiophene rings is 1. The van der Waals surface area contributed by atoms with E-state index in [9.17, 15) is 0 Å². The molecule has 0 unspecified atom stereocenters. The average Bonchev–Trinajstić information content (AvgIpc) is 1.56. The van der Waals surface area contributed by atoms with Gasteiger partial charge in [0.1, 0.15) is 10.4 Å². The van der Waals surface area contributed by atoms with Gasteiger partial charge in [-0.3, -0.25) is 9.13 Å². The highest BCUT2D eigenvalue weighted by Gasteiger charge is 2.26. The van der Waals surface area contributed by atoms with Crippen LogP contribution in [-0.4, -0.2) is 29.1 Å². The van der Waals surface area contributed by atoms with Crippen molar-refractivity contribution in [3.05, 3.63) is 328 Å². The predicted octanol–water partition coefficient (Wildman–Crippen LogP) is 24.4. The first-order valence-corrected chi connectivity index (χ1v) is 33.9. The Morgan fingerprint density at radius 2 is 0.724 bits per heavy atom. The Morgan fingerprint density at radius 1 is 0.255 bits per heavy atom. The molecule has 15 aromatic carbocycles. The zero-order valence-electron chi connectivity index (χ0n) is 52.7. The summed E-state index contributed by atoms with van der Waals surface area (Å²) in [6.07, 6.45) is 0. The Balaban J connectivity index is 0.000000134. The van der Waals surface area contributed by atoms with Gasteiger partial charge in [-0.1, -0.05) is 261 Å². The molecule has 0 spiro atoms. The van der Waals surface area contributed by atoms with Crippen LogP contribution in [0, 0.1) is 0 Å². The van der Waals surface area contributed by atoms with Gasteiger partial charge < -0.3 is 4.42 Å². The van der Waals surface area contributed by atoms with Crippen LogP contribution in [0.1, 0.15) is 0 Å². The van der Waals surface area contributed by atoms with Crippen LogP contribution < -0.4 is 0 Å². The van der Waals surface area contributed by atoms with Crippen LogP contribution in [0.4, 0.5) is 0 Å². The molecule has 8 heteroatoms. The van der Waals surface area contributed by atoms with Crippen molar-refractivity contribution in [2.24, 2.45) is 0 Å². The number of benzene rings is 15. The summed E-state index contributed by atoms with van der Waals surface area (Å²) >= 11 is 1.75. The van der Waals surface area contributed by atoms with Crippen molar-refractivity contribution in [3.63, 3.8) is 0 Å².